The Kier molecular flexibility index (Phi) is 11.7. The van der Waals surface area contributed by atoms with E-state index in [0.717, 1.165) is 95.2 Å². The van der Waals surface area contributed by atoms with Crippen LogP contribution in [0.3, 0.4) is 0 Å². The molecule has 1 saturated heterocycles. The van der Waals surface area contributed by atoms with Gasteiger partial charge in [-0.1, -0.05) is 60.1 Å². The molecule has 0 saturated carbocycles. The highest BCUT2D eigenvalue weighted by Gasteiger charge is 2.33. The summed E-state index contributed by atoms with van der Waals surface area (Å²) < 4.78 is 0. The molecule has 226 valence electrons. The van der Waals surface area contributed by atoms with Crippen LogP contribution in [0.2, 0.25) is 5.02 Å². The quantitative estimate of drug-likeness (QED) is 0.166. The molecule has 0 radical (unpaired) electrons. The molecule has 0 aliphatic carbocycles. The summed E-state index contributed by atoms with van der Waals surface area (Å²) in [6.45, 7) is 8.76. The maximum absolute atomic E-state index is 11.2. The number of nitrogens with one attached hydrogen (secondary N) is 2. The molecular weight excluding hydrogens is 556 g/mol. The molecule has 5 rings (SSSR count). The van der Waals surface area contributed by atoms with Gasteiger partial charge in [-0.2, -0.15) is 0 Å². The number of aromatic nitrogens is 2. The lowest BCUT2D eigenvalue weighted by molar-refractivity contribution is -0.0277. The van der Waals surface area contributed by atoms with Gasteiger partial charge in [0.25, 0.3) is 0 Å². The number of aliphatic hydroxyl groups is 1. The van der Waals surface area contributed by atoms with Gasteiger partial charge in [-0.15, -0.1) is 0 Å². The van der Waals surface area contributed by atoms with Gasteiger partial charge in [0, 0.05) is 82.9 Å². The molecule has 1 aliphatic heterocycles. The minimum Gasteiger partial charge on any atom is -0.385 e. The summed E-state index contributed by atoms with van der Waals surface area (Å²) in [6, 6.07) is 28.7. The summed E-state index contributed by atoms with van der Waals surface area (Å²) in [6.07, 6.45) is 5.13. The van der Waals surface area contributed by atoms with E-state index in [1.807, 2.05) is 60.9 Å². The molecule has 0 unspecified atom stereocenters. The monoisotopic (exact) mass is 598 g/mol. The third kappa shape index (κ3) is 9.93. The van der Waals surface area contributed by atoms with Gasteiger partial charge < -0.3 is 15.7 Å². The fourth-order valence-electron chi connectivity index (χ4n) is 5.58. The lowest BCUT2D eigenvalue weighted by atomic mass is 9.84. The zero-order valence-electron chi connectivity index (χ0n) is 24.8. The van der Waals surface area contributed by atoms with Gasteiger partial charge in [-0.25, -0.2) is 0 Å². The smallest absolute Gasteiger partial charge is 0.0920 e. The Morgan fingerprint density at radius 3 is 1.84 bits per heavy atom. The van der Waals surface area contributed by atoms with Crippen LogP contribution < -0.4 is 10.6 Å². The number of pyridine rings is 2. The van der Waals surface area contributed by atoms with Crippen LogP contribution in [0.5, 0.6) is 0 Å². The first-order chi connectivity index (χ1) is 21.1. The molecule has 2 aromatic heterocycles. The lowest BCUT2D eigenvalue weighted by Crippen LogP contribution is -2.42. The molecule has 0 amide bonds. The van der Waals surface area contributed by atoms with Crippen molar-refractivity contribution in [2.24, 2.45) is 0 Å². The Morgan fingerprint density at radius 1 is 0.744 bits per heavy atom. The van der Waals surface area contributed by atoms with Crippen LogP contribution >= 0.6 is 11.6 Å². The second kappa shape index (κ2) is 16.1. The molecule has 0 atom stereocenters. The molecule has 2 aromatic carbocycles. The van der Waals surface area contributed by atoms with Crippen molar-refractivity contribution in [2.75, 3.05) is 39.3 Å². The molecule has 3 heterocycles. The van der Waals surface area contributed by atoms with Crippen LogP contribution in [0.15, 0.2) is 97.3 Å². The van der Waals surface area contributed by atoms with Gasteiger partial charge in [0.05, 0.1) is 17.0 Å². The fourth-order valence-corrected chi connectivity index (χ4v) is 5.70. The number of benzene rings is 2. The van der Waals surface area contributed by atoms with Crippen LogP contribution in [0, 0.1) is 0 Å². The Morgan fingerprint density at radius 2 is 1.30 bits per heavy atom. The average Bonchev–Trinajstić information content (AvgIpc) is 3.04. The average molecular weight is 599 g/mol. The zero-order valence-corrected chi connectivity index (χ0v) is 25.6. The van der Waals surface area contributed by atoms with Gasteiger partial charge in [0.2, 0.25) is 0 Å². The van der Waals surface area contributed by atoms with E-state index in [-0.39, 0.29) is 0 Å². The standard InChI is InChI=1S/C35H43ClN6O/c36-32-13-11-31(12-14-32)35(43)15-21-41(22-16-35)27-29-7-9-30(10-8-29)28-42(23-19-37-25-33-5-1-3-17-39-33)24-20-38-26-34-6-2-4-18-40-34/h1-14,17-18,37-38,43H,15-16,19-28H2. The van der Waals surface area contributed by atoms with E-state index >= 15 is 0 Å². The first-order valence-corrected chi connectivity index (χ1v) is 15.7. The number of rotatable bonds is 15. The van der Waals surface area contributed by atoms with Crippen molar-refractivity contribution in [3.8, 4) is 0 Å². The van der Waals surface area contributed by atoms with Crippen molar-refractivity contribution in [3.05, 3.63) is 130 Å². The molecule has 1 fully saturated rings. The maximum atomic E-state index is 11.2. The van der Waals surface area contributed by atoms with Gasteiger partial charge in [0.1, 0.15) is 0 Å². The Labute approximate surface area is 260 Å². The van der Waals surface area contributed by atoms with Gasteiger partial charge in [0.15, 0.2) is 0 Å². The van der Waals surface area contributed by atoms with Crippen molar-refractivity contribution in [1.29, 1.82) is 0 Å². The SMILES string of the molecule is OC1(c2ccc(Cl)cc2)CCN(Cc2ccc(CN(CCNCc3ccccn3)CCNCc3ccccn3)cc2)CC1. The van der Waals surface area contributed by atoms with E-state index in [1.54, 1.807) is 0 Å². The van der Waals surface area contributed by atoms with E-state index in [2.05, 4.69) is 66.8 Å². The van der Waals surface area contributed by atoms with E-state index in [0.29, 0.717) is 5.02 Å². The summed E-state index contributed by atoms with van der Waals surface area (Å²) in [5, 5.41) is 19.0. The molecule has 3 N–H and O–H groups in total. The van der Waals surface area contributed by atoms with Gasteiger partial charge in [-0.3, -0.25) is 19.8 Å². The minimum absolute atomic E-state index is 0.700. The minimum atomic E-state index is -0.771. The number of piperidine rings is 1. The topological polar surface area (TPSA) is 76.6 Å². The first kappa shape index (κ1) is 31.3. The van der Waals surface area contributed by atoms with E-state index in [1.165, 1.54) is 11.1 Å². The van der Waals surface area contributed by atoms with Crippen molar-refractivity contribution >= 4 is 11.6 Å². The van der Waals surface area contributed by atoms with Crippen molar-refractivity contribution in [3.63, 3.8) is 0 Å². The first-order valence-electron chi connectivity index (χ1n) is 15.3. The van der Waals surface area contributed by atoms with E-state index in [4.69, 9.17) is 11.6 Å². The maximum Gasteiger partial charge on any atom is 0.0920 e. The molecule has 8 heteroatoms. The van der Waals surface area contributed by atoms with E-state index in [9.17, 15) is 5.11 Å². The van der Waals surface area contributed by atoms with Crippen LogP contribution in [-0.2, 0) is 31.8 Å². The summed E-state index contributed by atoms with van der Waals surface area (Å²) >= 11 is 6.04. The number of halogens is 1. The molecule has 7 nitrogen and oxygen atoms in total. The van der Waals surface area contributed by atoms with E-state index < -0.39 is 5.60 Å². The van der Waals surface area contributed by atoms with Crippen molar-refractivity contribution < 1.29 is 5.11 Å². The summed E-state index contributed by atoms with van der Waals surface area (Å²) in [4.78, 5) is 13.8. The van der Waals surface area contributed by atoms with Gasteiger partial charge >= 0.3 is 0 Å². The third-order valence-electron chi connectivity index (χ3n) is 8.17. The second-order valence-corrected chi connectivity index (χ2v) is 11.8. The van der Waals surface area contributed by atoms with Crippen molar-refractivity contribution in [1.82, 2.24) is 30.4 Å². The van der Waals surface area contributed by atoms with Crippen molar-refractivity contribution in [2.45, 2.75) is 44.6 Å². The Bertz CT molecular complexity index is 1300. The summed E-state index contributed by atoms with van der Waals surface area (Å²) in [7, 11) is 0. The lowest BCUT2D eigenvalue weighted by Gasteiger charge is -2.38. The molecule has 43 heavy (non-hydrogen) atoms. The summed E-state index contributed by atoms with van der Waals surface area (Å²) in [5.74, 6) is 0. The van der Waals surface area contributed by atoms with Crippen LogP contribution in [-0.4, -0.2) is 64.1 Å². The highest BCUT2D eigenvalue weighted by atomic mass is 35.5. The second-order valence-electron chi connectivity index (χ2n) is 11.4. The molecule has 0 bridgehead atoms. The Hall–Kier alpha value is -3.17. The number of likely N-dealkylation sites (tertiary alicyclic amines) is 1. The number of hydrogen-bond acceptors (Lipinski definition) is 7. The van der Waals surface area contributed by atoms with Gasteiger partial charge in [-0.05, 0) is 65.9 Å². The third-order valence-corrected chi connectivity index (χ3v) is 8.43. The largest absolute Gasteiger partial charge is 0.385 e. The highest BCUT2D eigenvalue weighted by molar-refractivity contribution is 6.30. The summed E-state index contributed by atoms with van der Waals surface area (Å²) in [5.41, 5.74) is 4.93. The van der Waals surface area contributed by atoms with Crippen LogP contribution in [0.25, 0.3) is 0 Å². The predicted octanol–water partition coefficient (Wildman–Crippen LogP) is 5.00. The number of nitrogens with zero attached hydrogens (tertiary/aromatic N) is 4. The molecule has 1 aliphatic rings. The highest BCUT2D eigenvalue weighted by Crippen LogP contribution is 2.33. The zero-order chi connectivity index (χ0) is 29.7. The molecule has 4 aromatic rings. The molecule has 0 spiro atoms. The predicted molar refractivity (Wildman–Crippen MR) is 173 cm³/mol. The normalized spacial score (nSPS) is 15.1. The Balaban J connectivity index is 1.10. The fraction of sp³-hybridized carbons (Fsp3) is 0.371. The van der Waals surface area contributed by atoms with Crippen LogP contribution in [0.4, 0.5) is 0 Å². The molecular formula is C35H43ClN6O. The number of hydrogen-bond donors (Lipinski definition) is 3. The van der Waals surface area contributed by atoms with Crippen LogP contribution in [0.1, 0.15) is 40.9 Å².